The van der Waals surface area contributed by atoms with Crippen LogP contribution in [0.4, 0.5) is 0 Å². The lowest BCUT2D eigenvalue weighted by Crippen LogP contribution is -2.25. The molecule has 0 aliphatic rings. The minimum atomic E-state index is -0.0499. The van der Waals surface area contributed by atoms with Gasteiger partial charge in [0, 0.05) is 17.6 Å². The van der Waals surface area contributed by atoms with Gasteiger partial charge in [-0.15, -0.1) is 11.3 Å². The minimum absolute atomic E-state index is 0.0499. The molecule has 130 valence electrons. The normalized spacial score (nSPS) is 10.9. The van der Waals surface area contributed by atoms with E-state index in [0.29, 0.717) is 11.4 Å². The van der Waals surface area contributed by atoms with Crippen molar-refractivity contribution in [3.63, 3.8) is 0 Å². The van der Waals surface area contributed by atoms with E-state index in [4.69, 9.17) is 4.74 Å². The number of ether oxygens (including phenoxy) is 1. The fourth-order valence-electron chi connectivity index (χ4n) is 2.88. The maximum absolute atomic E-state index is 12.6. The highest BCUT2D eigenvalue weighted by molar-refractivity contribution is 7.20. The zero-order valence-corrected chi connectivity index (χ0v) is 15.7. The van der Waals surface area contributed by atoms with Crippen LogP contribution in [0.15, 0.2) is 24.3 Å². The Kier molecular flexibility index (Phi) is 4.99. The van der Waals surface area contributed by atoms with Crippen molar-refractivity contribution in [1.29, 1.82) is 0 Å². The molecule has 0 radical (unpaired) electrons. The molecule has 3 aromatic rings. The maximum atomic E-state index is 12.6. The highest BCUT2D eigenvalue weighted by Gasteiger charge is 2.18. The van der Waals surface area contributed by atoms with Crippen molar-refractivity contribution in [1.82, 2.24) is 15.3 Å². The van der Waals surface area contributed by atoms with Gasteiger partial charge in [0.25, 0.3) is 5.91 Å². The second kappa shape index (κ2) is 7.19. The van der Waals surface area contributed by atoms with Crippen molar-refractivity contribution in [2.45, 2.75) is 27.2 Å². The Hall–Kier alpha value is -2.47. The second-order valence-electron chi connectivity index (χ2n) is 5.95. The van der Waals surface area contributed by atoms with E-state index < -0.39 is 0 Å². The number of carbonyl (C=O) groups excluding carboxylic acids is 1. The first-order valence-electron chi connectivity index (χ1n) is 8.15. The molecule has 1 N–H and O–H groups in total. The van der Waals surface area contributed by atoms with Gasteiger partial charge in [0.2, 0.25) is 0 Å². The summed E-state index contributed by atoms with van der Waals surface area (Å²) in [6.45, 7) is 6.38. The van der Waals surface area contributed by atoms with E-state index in [1.54, 1.807) is 7.11 Å². The largest absolute Gasteiger partial charge is 0.497 e. The van der Waals surface area contributed by atoms with Crippen LogP contribution in [0.2, 0.25) is 0 Å². The quantitative estimate of drug-likeness (QED) is 0.759. The van der Waals surface area contributed by atoms with Gasteiger partial charge in [-0.2, -0.15) is 0 Å². The first-order valence-corrected chi connectivity index (χ1v) is 8.96. The number of methoxy groups -OCH3 is 1. The molecule has 0 atom stereocenters. The van der Waals surface area contributed by atoms with Crippen LogP contribution in [-0.2, 0) is 6.42 Å². The molecule has 2 aromatic heterocycles. The summed E-state index contributed by atoms with van der Waals surface area (Å²) >= 11 is 1.43. The predicted molar refractivity (Wildman–Crippen MR) is 101 cm³/mol. The van der Waals surface area contributed by atoms with Crippen LogP contribution < -0.4 is 10.1 Å². The van der Waals surface area contributed by atoms with Crippen LogP contribution in [0.3, 0.4) is 0 Å². The molecule has 0 aliphatic carbocycles. The summed E-state index contributed by atoms with van der Waals surface area (Å²) in [5.74, 6) is 1.52. The van der Waals surface area contributed by atoms with Gasteiger partial charge in [0.05, 0.1) is 12.0 Å². The molecular formula is C19H21N3O2S. The lowest BCUT2D eigenvalue weighted by atomic mass is 10.1. The van der Waals surface area contributed by atoms with Crippen molar-refractivity contribution in [3.8, 4) is 5.75 Å². The number of thiophene rings is 1. The number of aromatic nitrogens is 2. The predicted octanol–water partition coefficient (Wildman–Crippen LogP) is 3.60. The van der Waals surface area contributed by atoms with Crippen LogP contribution in [-0.4, -0.2) is 29.5 Å². The number of nitrogens with one attached hydrogen (secondary N) is 1. The number of hydrogen-bond acceptors (Lipinski definition) is 5. The summed E-state index contributed by atoms with van der Waals surface area (Å²) < 4.78 is 5.15. The zero-order chi connectivity index (χ0) is 18.0. The molecular weight excluding hydrogens is 334 g/mol. The van der Waals surface area contributed by atoms with E-state index in [1.807, 2.05) is 45.0 Å². The summed E-state index contributed by atoms with van der Waals surface area (Å²) in [6.07, 6.45) is 0.775. The van der Waals surface area contributed by atoms with Gasteiger partial charge in [-0.1, -0.05) is 12.1 Å². The Labute approximate surface area is 151 Å². The number of nitrogens with zero attached hydrogens (tertiary/aromatic N) is 2. The number of carbonyl (C=O) groups is 1. The van der Waals surface area contributed by atoms with E-state index >= 15 is 0 Å². The molecule has 3 rings (SSSR count). The van der Waals surface area contributed by atoms with Crippen molar-refractivity contribution in [3.05, 3.63) is 51.8 Å². The molecule has 2 heterocycles. The molecule has 6 heteroatoms. The smallest absolute Gasteiger partial charge is 0.261 e. The zero-order valence-electron chi connectivity index (χ0n) is 14.8. The number of amides is 1. The molecule has 1 aromatic carbocycles. The standard InChI is InChI=1S/C19H21N3O2S/c1-11-16-12(2)21-13(3)22-19(16)25-17(11)18(23)20-10-9-14-5-7-15(24-4)8-6-14/h5-8H,9-10H2,1-4H3,(H,20,23). The Morgan fingerprint density at radius 1 is 1.16 bits per heavy atom. The number of fused-ring (bicyclic) bond motifs is 1. The van der Waals surface area contributed by atoms with Gasteiger partial charge in [-0.25, -0.2) is 9.97 Å². The Morgan fingerprint density at radius 3 is 2.56 bits per heavy atom. The van der Waals surface area contributed by atoms with E-state index in [0.717, 1.165) is 45.0 Å². The first-order chi connectivity index (χ1) is 12.0. The van der Waals surface area contributed by atoms with Crippen molar-refractivity contribution < 1.29 is 9.53 Å². The van der Waals surface area contributed by atoms with Crippen LogP contribution in [0.5, 0.6) is 5.75 Å². The van der Waals surface area contributed by atoms with Crippen LogP contribution in [0, 0.1) is 20.8 Å². The van der Waals surface area contributed by atoms with E-state index in [1.165, 1.54) is 11.3 Å². The van der Waals surface area contributed by atoms with Crippen molar-refractivity contribution >= 4 is 27.5 Å². The van der Waals surface area contributed by atoms with E-state index in [-0.39, 0.29) is 5.91 Å². The van der Waals surface area contributed by atoms with Gasteiger partial charge >= 0.3 is 0 Å². The summed E-state index contributed by atoms with van der Waals surface area (Å²) in [7, 11) is 1.65. The molecule has 0 spiro atoms. The summed E-state index contributed by atoms with van der Waals surface area (Å²) in [5, 5.41) is 4.00. The fraction of sp³-hybridized carbons (Fsp3) is 0.316. The molecule has 1 amide bonds. The minimum Gasteiger partial charge on any atom is -0.497 e. The van der Waals surface area contributed by atoms with Gasteiger partial charge < -0.3 is 10.1 Å². The van der Waals surface area contributed by atoms with Crippen LogP contribution >= 0.6 is 11.3 Å². The van der Waals surface area contributed by atoms with E-state index in [9.17, 15) is 4.79 Å². The van der Waals surface area contributed by atoms with Gasteiger partial charge in [0.1, 0.15) is 16.4 Å². The molecule has 0 saturated carbocycles. The van der Waals surface area contributed by atoms with Gasteiger partial charge in [-0.3, -0.25) is 4.79 Å². The number of benzene rings is 1. The third kappa shape index (κ3) is 3.64. The first kappa shape index (κ1) is 17.4. The molecule has 5 nitrogen and oxygen atoms in total. The third-order valence-electron chi connectivity index (χ3n) is 4.15. The summed E-state index contributed by atoms with van der Waals surface area (Å²) in [5.41, 5.74) is 3.04. The number of aryl methyl sites for hydroxylation is 3. The van der Waals surface area contributed by atoms with Gasteiger partial charge in [-0.05, 0) is 50.5 Å². The molecule has 0 bridgehead atoms. The lowest BCUT2D eigenvalue weighted by molar-refractivity contribution is 0.0957. The van der Waals surface area contributed by atoms with Crippen molar-refractivity contribution in [2.24, 2.45) is 0 Å². The highest BCUT2D eigenvalue weighted by Crippen LogP contribution is 2.31. The second-order valence-corrected chi connectivity index (χ2v) is 6.95. The monoisotopic (exact) mass is 355 g/mol. The SMILES string of the molecule is COc1ccc(CCNC(=O)c2sc3nc(C)nc(C)c3c2C)cc1. The van der Waals surface area contributed by atoms with Gasteiger partial charge in [0.15, 0.2) is 0 Å². The van der Waals surface area contributed by atoms with Crippen LogP contribution in [0.1, 0.15) is 32.3 Å². The average Bonchev–Trinajstić information content (AvgIpc) is 2.92. The van der Waals surface area contributed by atoms with E-state index in [2.05, 4.69) is 15.3 Å². The molecule has 0 fully saturated rings. The topological polar surface area (TPSA) is 64.1 Å². The number of hydrogen-bond donors (Lipinski definition) is 1. The maximum Gasteiger partial charge on any atom is 0.261 e. The Bertz CT molecular complexity index is 917. The van der Waals surface area contributed by atoms with Crippen molar-refractivity contribution in [2.75, 3.05) is 13.7 Å². The average molecular weight is 355 g/mol. The lowest BCUT2D eigenvalue weighted by Gasteiger charge is -2.06. The number of rotatable bonds is 5. The summed E-state index contributed by atoms with van der Waals surface area (Å²) in [4.78, 5) is 23.0. The highest BCUT2D eigenvalue weighted by atomic mass is 32.1. The third-order valence-corrected chi connectivity index (χ3v) is 5.33. The molecule has 25 heavy (non-hydrogen) atoms. The van der Waals surface area contributed by atoms with Crippen LogP contribution in [0.25, 0.3) is 10.2 Å². The Balaban J connectivity index is 1.69. The molecule has 0 unspecified atom stereocenters. The molecule has 0 aliphatic heterocycles. The molecule has 0 saturated heterocycles. The summed E-state index contributed by atoms with van der Waals surface area (Å²) in [6, 6.07) is 7.88. The fourth-order valence-corrected chi connectivity index (χ4v) is 4.08. The Morgan fingerprint density at radius 2 is 1.88 bits per heavy atom.